The van der Waals surface area contributed by atoms with Crippen molar-refractivity contribution in [1.29, 1.82) is 0 Å². The maximum atomic E-state index is 12.1. The largest absolute Gasteiger partial charge is 0.295 e. The summed E-state index contributed by atoms with van der Waals surface area (Å²) in [6.45, 7) is 1.16. The number of likely N-dealkylation sites (N-methyl/N-ethyl adjacent to an activating group) is 1. The Labute approximate surface area is 133 Å². The van der Waals surface area contributed by atoms with Crippen LogP contribution in [0.15, 0.2) is 44.7 Å². The van der Waals surface area contributed by atoms with E-state index in [1.54, 1.807) is 0 Å². The lowest BCUT2D eigenvalue weighted by molar-refractivity contribution is 0.0946. The van der Waals surface area contributed by atoms with Gasteiger partial charge in [0.05, 0.1) is 11.4 Å². The van der Waals surface area contributed by atoms with Crippen molar-refractivity contribution in [2.24, 2.45) is 0 Å². The molecule has 19 heavy (non-hydrogen) atoms. The minimum atomic E-state index is 0.149. The monoisotopic (exact) mass is 401 g/mol. The van der Waals surface area contributed by atoms with Crippen LogP contribution in [0.3, 0.4) is 0 Å². The first-order valence-corrected chi connectivity index (χ1v) is 8.22. The van der Waals surface area contributed by atoms with E-state index in [0.717, 1.165) is 20.4 Å². The Bertz CT molecular complexity index is 582. The van der Waals surface area contributed by atoms with Crippen molar-refractivity contribution in [2.75, 3.05) is 13.6 Å². The number of carbonyl (C=O) groups is 1. The first-order chi connectivity index (χ1) is 9.08. The van der Waals surface area contributed by atoms with E-state index in [-0.39, 0.29) is 5.78 Å². The fourth-order valence-corrected chi connectivity index (χ4v) is 3.72. The Morgan fingerprint density at radius 3 is 2.58 bits per heavy atom. The number of benzene rings is 1. The van der Waals surface area contributed by atoms with Crippen LogP contribution in [0.1, 0.15) is 15.2 Å². The fourth-order valence-electron chi connectivity index (χ4n) is 1.78. The van der Waals surface area contributed by atoms with Gasteiger partial charge in [-0.2, -0.15) is 0 Å². The molecule has 1 aromatic carbocycles. The molecular formula is C14H13Br2NOS. The van der Waals surface area contributed by atoms with Crippen molar-refractivity contribution >= 4 is 49.0 Å². The van der Waals surface area contributed by atoms with Gasteiger partial charge in [0.2, 0.25) is 0 Å². The molecule has 100 valence electrons. The average Bonchev–Trinajstić information content (AvgIpc) is 2.78. The van der Waals surface area contributed by atoms with Crippen LogP contribution in [0, 0.1) is 0 Å². The SMILES string of the molecule is CN(CC(=O)c1sccc1Br)Cc1ccccc1Br. The molecule has 0 atom stereocenters. The zero-order valence-corrected chi connectivity index (χ0v) is 14.4. The van der Waals surface area contributed by atoms with Gasteiger partial charge in [0.25, 0.3) is 0 Å². The predicted octanol–water partition coefficient (Wildman–Crippen LogP) is 4.59. The second-order valence-electron chi connectivity index (χ2n) is 4.28. The first kappa shape index (κ1) is 14.9. The highest BCUT2D eigenvalue weighted by atomic mass is 79.9. The van der Waals surface area contributed by atoms with Crippen molar-refractivity contribution in [2.45, 2.75) is 6.54 Å². The van der Waals surface area contributed by atoms with E-state index < -0.39 is 0 Å². The summed E-state index contributed by atoms with van der Waals surface area (Å²) in [7, 11) is 1.96. The molecule has 0 saturated carbocycles. The van der Waals surface area contributed by atoms with Crippen LogP contribution in [0.5, 0.6) is 0 Å². The van der Waals surface area contributed by atoms with Gasteiger partial charge < -0.3 is 0 Å². The van der Waals surface area contributed by atoms with Crippen molar-refractivity contribution in [3.05, 3.63) is 55.1 Å². The second kappa shape index (κ2) is 6.79. The number of hydrogen-bond donors (Lipinski definition) is 0. The third-order valence-corrected chi connectivity index (χ3v) is 5.33. The van der Waals surface area contributed by atoms with Crippen molar-refractivity contribution in [1.82, 2.24) is 4.90 Å². The van der Waals surface area contributed by atoms with Gasteiger partial charge >= 0.3 is 0 Å². The minimum Gasteiger partial charge on any atom is -0.295 e. The van der Waals surface area contributed by atoms with Gasteiger partial charge in [-0.25, -0.2) is 0 Å². The Balaban J connectivity index is 1.99. The smallest absolute Gasteiger partial charge is 0.187 e. The molecule has 5 heteroatoms. The Morgan fingerprint density at radius 1 is 1.21 bits per heavy atom. The van der Waals surface area contributed by atoms with Gasteiger partial charge in [0.1, 0.15) is 0 Å². The van der Waals surface area contributed by atoms with E-state index in [9.17, 15) is 4.79 Å². The lowest BCUT2D eigenvalue weighted by Crippen LogP contribution is -2.25. The Kier molecular flexibility index (Phi) is 5.33. The molecule has 0 fully saturated rings. The summed E-state index contributed by atoms with van der Waals surface area (Å²) in [5.41, 5.74) is 1.18. The van der Waals surface area contributed by atoms with Gasteiger partial charge in [0, 0.05) is 15.5 Å². The number of nitrogens with zero attached hydrogens (tertiary/aromatic N) is 1. The van der Waals surface area contributed by atoms with E-state index >= 15 is 0 Å². The van der Waals surface area contributed by atoms with Crippen LogP contribution in [-0.4, -0.2) is 24.3 Å². The number of thiophene rings is 1. The molecule has 0 unspecified atom stereocenters. The number of rotatable bonds is 5. The molecule has 0 bridgehead atoms. The number of halogens is 2. The summed E-state index contributed by atoms with van der Waals surface area (Å²) in [6.07, 6.45) is 0. The molecule has 2 aromatic rings. The zero-order valence-electron chi connectivity index (χ0n) is 10.4. The second-order valence-corrected chi connectivity index (χ2v) is 6.91. The summed E-state index contributed by atoms with van der Waals surface area (Å²) < 4.78 is 1.96. The lowest BCUT2D eigenvalue weighted by Gasteiger charge is -2.16. The maximum Gasteiger partial charge on any atom is 0.187 e. The number of Topliss-reactive ketones (excluding diaryl/α,β-unsaturated/α-hetero) is 1. The van der Waals surface area contributed by atoms with Crippen molar-refractivity contribution < 1.29 is 4.79 Å². The highest BCUT2D eigenvalue weighted by Crippen LogP contribution is 2.23. The van der Waals surface area contributed by atoms with Gasteiger partial charge in [-0.15, -0.1) is 11.3 Å². The van der Waals surface area contributed by atoms with E-state index in [0.29, 0.717) is 6.54 Å². The molecule has 2 rings (SSSR count). The lowest BCUT2D eigenvalue weighted by atomic mass is 10.2. The maximum absolute atomic E-state index is 12.1. The molecule has 0 saturated heterocycles. The normalized spacial score (nSPS) is 10.9. The molecule has 0 aliphatic carbocycles. The molecule has 0 N–H and O–H groups in total. The summed E-state index contributed by atoms with van der Waals surface area (Å²) >= 11 is 8.40. The quantitative estimate of drug-likeness (QED) is 0.681. The summed E-state index contributed by atoms with van der Waals surface area (Å²) in [5.74, 6) is 0.149. The third kappa shape index (κ3) is 3.99. The molecule has 0 amide bonds. The summed E-state index contributed by atoms with van der Waals surface area (Å²) in [4.78, 5) is 15.0. The summed E-state index contributed by atoms with van der Waals surface area (Å²) in [5, 5.41) is 1.92. The Hall–Kier alpha value is -0.490. The molecule has 0 aliphatic rings. The molecule has 1 aromatic heterocycles. The number of ketones is 1. The van der Waals surface area contributed by atoms with Gasteiger partial charge in [-0.1, -0.05) is 34.1 Å². The van der Waals surface area contributed by atoms with Crippen LogP contribution in [0.2, 0.25) is 0 Å². The van der Waals surface area contributed by atoms with Gasteiger partial charge in [0.15, 0.2) is 5.78 Å². The molecule has 0 radical (unpaired) electrons. The summed E-state index contributed by atoms with van der Waals surface area (Å²) in [6, 6.07) is 9.98. The topological polar surface area (TPSA) is 20.3 Å². The van der Waals surface area contributed by atoms with Crippen LogP contribution in [0.25, 0.3) is 0 Å². The third-order valence-electron chi connectivity index (χ3n) is 2.68. The van der Waals surface area contributed by atoms with Crippen LogP contribution < -0.4 is 0 Å². The Morgan fingerprint density at radius 2 is 1.95 bits per heavy atom. The highest BCUT2D eigenvalue weighted by Gasteiger charge is 2.14. The van der Waals surface area contributed by atoms with Crippen LogP contribution in [-0.2, 0) is 6.54 Å². The van der Waals surface area contributed by atoms with Crippen LogP contribution >= 0.6 is 43.2 Å². The zero-order chi connectivity index (χ0) is 13.8. The highest BCUT2D eigenvalue weighted by molar-refractivity contribution is 9.10. The van der Waals surface area contributed by atoms with E-state index in [1.165, 1.54) is 16.9 Å². The molecule has 1 heterocycles. The fraction of sp³-hybridized carbons (Fsp3) is 0.214. The van der Waals surface area contributed by atoms with Gasteiger partial charge in [-0.3, -0.25) is 9.69 Å². The molecule has 0 aliphatic heterocycles. The van der Waals surface area contributed by atoms with Gasteiger partial charge in [-0.05, 0) is 46.1 Å². The van der Waals surface area contributed by atoms with Crippen molar-refractivity contribution in [3.8, 4) is 0 Å². The van der Waals surface area contributed by atoms with E-state index in [2.05, 4.69) is 37.9 Å². The molecule has 0 spiro atoms. The van der Waals surface area contributed by atoms with E-state index in [1.807, 2.05) is 41.6 Å². The average molecular weight is 403 g/mol. The standard InChI is InChI=1S/C14H13Br2NOS/c1-17(8-10-4-2-3-5-11(10)15)9-13(18)14-12(16)6-7-19-14/h2-7H,8-9H2,1H3. The predicted molar refractivity (Wildman–Crippen MR) is 86.8 cm³/mol. The van der Waals surface area contributed by atoms with E-state index in [4.69, 9.17) is 0 Å². The molecule has 2 nitrogen and oxygen atoms in total. The number of carbonyl (C=O) groups excluding carboxylic acids is 1. The van der Waals surface area contributed by atoms with Crippen molar-refractivity contribution in [3.63, 3.8) is 0 Å². The number of hydrogen-bond acceptors (Lipinski definition) is 3. The first-order valence-electron chi connectivity index (χ1n) is 5.76. The minimum absolute atomic E-state index is 0.149. The molecular weight excluding hydrogens is 390 g/mol. The van der Waals surface area contributed by atoms with Crippen LogP contribution in [0.4, 0.5) is 0 Å².